The van der Waals surface area contributed by atoms with Crippen molar-refractivity contribution in [1.29, 1.82) is 0 Å². The van der Waals surface area contributed by atoms with Crippen LogP contribution in [0.15, 0.2) is 41.5 Å². The van der Waals surface area contributed by atoms with Gasteiger partial charge in [0.1, 0.15) is 0 Å². The van der Waals surface area contributed by atoms with E-state index in [4.69, 9.17) is 0 Å². The monoisotopic (exact) mass is 378 g/mol. The molecule has 2 aliphatic rings. The van der Waals surface area contributed by atoms with Gasteiger partial charge >= 0.3 is 5.69 Å². The lowest BCUT2D eigenvalue weighted by Crippen LogP contribution is -2.34. The van der Waals surface area contributed by atoms with Crippen molar-refractivity contribution in [2.45, 2.75) is 25.3 Å². The molecular formula is C20H22N6O2. The van der Waals surface area contributed by atoms with E-state index >= 15 is 0 Å². The van der Waals surface area contributed by atoms with Crippen molar-refractivity contribution in [2.24, 2.45) is 18.9 Å². The lowest BCUT2D eigenvalue weighted by atomic mass is 9.94. The lowest BCUT2D eigenvalue weighted by Gasteiger charge is -2.27. The number of H-pyrrole nitrogens is 2. The molecule has 8 heteroatoms. The molecule has 2 fully saturated rings. The second-order valence-corrected chi connectivity index (χ2v) is 7.74. The van der Waals surface area contributed by atoms with Crippen molar-refractivity contribution >= 4 is 5.91 Å². The molecule has 2 atom stereocenters. The number of hydrogen-bond donors (Lipinski definition) is 2. The highest BCUT2D eigenvalue weighted by atomic mass is 16.2. The van der Waals surface area contributed by atoms with Crippen LogP contribution < -0.4 is 5.69 Å². The van der Waals surface area contributed by atoms with E-state index in [-0.39, 0.29) is 17.6 Å². The van der Waals surface area contributed by atoms with Crippen LogP contribution in [0.4, 0.5) is 0 Å². The van der Waals surface area contributed by atoms with Crippen LogP contribution in [0.25, 0.3) is 11.1 Å². The third-order valence-electron chi connectivity index (χ3n) is 6.08. The summed E-state index contributed by atoms with van der Waals surface area (Å²) in [6.45, 7) is 0.690. The van der Waals surface area contributed by atoms with Crippen molar-refractivity contribution in [3.05, 3.63) is 58.5 Å². The Labute approximate surface area is 161 Å². The number of rotatable bonds is 4. The fourth-order valence-corrected chi connectivity index (χ4v) is 4.40. The predicted molar refractivity (Wildman–Crippen MR) is 102 cm³/mol. The number of carbonyl (C=O) groups is 1. The van der Waals surface area contributed by atoms with Gasteiger partial charge in [0.15, 0.2) is 5.82 Å². The molecule has 1 aromatic carbocycles. The molecule has 1 saturated carbocycles. The standard InChI is InChI=1S/C20H22N6O2/c1-25-18(23-24-20(25)28)17-16(13-4-5-13)8-9-26(17)19(27)14-6-2-12(3-7-14)15-10-21-22-11-15/h2-3,6-7,10-11,13,16-17H,4-5,8-9H2,1H3,(H,21,22)(H,24,28). The smallest absolute Gasteiger partial charge is 0.328 e. The first kappa shape index (κ1) is 17.0. The summed E-state index contributed by atoms with van der Waals surface area (Å²) in [7, 11) is 1.71. The molecule has 0 spiro atoms. The minimum atomic E-state index is -0.242. The number of likely N-dealkylation sites (tertiary alicyclic amines) is 1. The maximum absolute atomic E-state index is 13.3. The zero-order chi connectivity index (χ0) is 19.3. The van der Waals surface area contributed by atoms with E-state index in [0.29, 0.717) is 29.8 Å². The number of aromatic nitrogens is 5. The molecule has 28 heavy (non-hydrogen) atoms. The average Bonchev–Trinajstić information content (AvgIpc) is 3.11. The van der Waals surface area contributed by atoms with Gasteiger partial charge in [0.05, 0.1) is 12.2 Å². The van der Waals surface area contributed by atoms with Crippen LogP contribution in [-0.4, -0.2) is 42.3 Å². The second kappa shape index (κ2) is 6.47. The number of nitrogens with one attached hydrogen (secondary N) is 2. The highest BCUT2D eigenvalue weighted by molar-refractivity contribution is 5.95. The molecule has 1 saturated heterocycles. The van der Waals surface area contributed by atoms with Crippen LogP contribution in [0.2, 0.25) is 0 Å². The van der Waals surface area contributed by atoms with Gasteiger partial charge in [-0.05, 0) is 48.8 Å². The van der Waals surface area contributed by atoms with Crippen LogP contribution in [0.3, 0.4) is 0 Å². The van der Waals surface area contributed by atoms with Crippen molar-refractivity contribution in [3.8, 4) is 11.1 Å². The van der Waals surface area contributed by atoms with Crippen LogP contribution in [0.1, 0.15) is 41.5 Å². The van der Waals surface area contributed by atoms with Gasteiger partial charge in [0.2, 0.25) is 0 Å². The summed E-state index contributed by atoms with van der Waals surface area (Å²) in [5.74, 6) is 1.63. The molecule has 1 aliphatic heterocycles. The molecule has 144 valence electrons. The van der Waals surface area contributed by atoms with Crippen LogP contribution in [0, 0.1) is 11.8 Å². The van der Waals surface area contributed by atoms with Gasteiger partial charge < -0.3 is 4.90 Å². The Hall–Kier alpha value is -3.16. The Morgan fingerprint density at radius 1 is 1.14 bits per heavy atom. The number of hydrogen-bond acceptors (Lipinski definition) is 4. The third-order valence-corrected chi connectivity index (χ3v) is 6.08. The lowest BCUT2D eigenvalue weighted by molar-refractivity contribution is 0.0701. The van der Waals surface area contributed by atoms with Gasteiger partial charge in [-0.15, -0.1) is 0 Å². The Morgan fingerprint density at radius 2 is 1.93 bits per heavy atom. The number of aromatic amines is 2. The van der Waals surface area contributed by atoms with Gasteiger partial charge in [0.25, 0.3) is 5.91 Å². The van der Waals surface area contributed by atoms with Crippen LogP contribution >= 0.6 is 0 Å². The van der Waals surface area contributed by atoms with Crippen LogP contribution in [-0.2, 0) is 7.05 Å². The van der Waals surface area contributed by atoms with Crippen molar-refractivity contribution in [2.75, 3.05) is 6.54 Å². The van der Waals surface area contributed by atoms with E-state index in [1.54, 1.807) is 13.2 Å². The Bertz CT molecular complexity index is 1050. The topological polar surface area (TPSA) is 99.7 Å². The summed E-state index contributed by atoms with van der Waals surface area (Å²) in [6.07, 6.45) is 6.93. The molecule has 1 amide bonds. The highest BCUT2D eigenvalue weighted by Gasteiger charge is 2.47. The maximum Gasteiger partial charge on any atom is 0.343 e. The molecule has 2 unspecified atom stereocenters. The molecule has 3 heterocycles. The van der Waals surface area contributed by atoms with E-state index < -0.39 is 0 Å². The van der Waals surface area contributed by atoms with Gasteiger partial charge in [-0.25, -0.2) is 9.89 Å². The average molecular weight is 378 g/mol. The predicted octanol–water partition coefficient (Wildman–Crippen LogP) is 2.11. The molecule has 2 N–H and O–H groups in total. The Morgan fingerprint density at radius 3 is 2.54 bits per heavy atom. The maximum atomic E-state index is 13.3. The van der Waals surface area contributed by atoms with Crippen molar-refractivity contribution < 1.29 is 4.79 Å². The van der Waals surface area contributed by atoms with Gasteiger partial charge in [0, 0.05) is 30.9 Å². The summed E-state index contributed by atoms with van der Waals surface area (Å²) in [4.78, 5) is 27.1. The molecule has 8 nitrogen and oxygen atoms in total. The SMILES string of the molecule is Cn1c(C2C(C3CC3)CCN2C(=O)c2ccc(-c3cn[nH]c3)cc2)n[nH]c1=O. The summed E-state index contributed by atoms with van der Waals surface area (Å²) < 4.78 is 1.54. The van der Waals surface area contributed by atoms with Gasteiger partial charge in [-0.2, -0.15) is 10.2 Å². The summed E-state index contributed by atoms with van der Waals surface area (Å²) in [5, 5.41) is 13.5. The number of nitrogens with zero attached hydrogens (tertiary/aromatic N) is 4. The number of carbonyl (C=O) groups excluding carboxylic acids is 1. The normalized spacial score (nSPS) is 22.0. The summed E-state index contributed by atoms with van der Waals surface area (Å²) >= 11 is 0. The molecule has 0 bridgehead atoms. The summed E-state index contributed by atoms with van der Waals surface area (Å²) in [6, 6.07) is 7.43. The van der Waals surface area contributed by atoms with E-state index in [2.05, 4.69) is 20.4 Å². The second-order valence-electron chi connectivity index (χ2n) is 7.74. The molecular weight excluding hydrogens is 356 g/mol. The van der Waals surface area contributed by atoms with E-state index in [1.165, 1.54) is 17.4 Å². The molecule has 3 aromatic rings. The quantitative estimate of drug-likeness (QED) is 0.726. The Balaban J connectivity index is 1.46. The van der Waals surface area contributed by atoms with E-state index in [1.807, 2.05) is 35.4 Å². The van der Waals surface area contributed by atoms with Crippen LogP contribution in [0.5, 0.6) is 0 Å². The third kappa shape index (κ3) is 2.76. The first-order valence-corrected chi connectivity index (χ1v) is 9.65. The minimum absolute atomic E-state index is 0.0117. The highest BCUT2D eigenvalue weighted by Crippen LogP contribution is 2.50. The molecule has 2 aromatic heterocycles. The zero-order valence-electron chi connectivity index (χ0n) is 15.6. The number of benzene rings is 1. The molecule has 1 aliphatic carbocycles. The van der Waals surface area contributed by atoms with Crippen molar-refractivity contribution in [3.63, 3.8) is 0 Å². The molecule has 5 rings (SSSR count). The number of amides is 1. The fraction of sp³-hybridized carbons (Fsp3) is 0.400. The van der Waals surface area contributed by atoms with Crippen molar-refractivity contribution in [1.82, 2.24) is 29.9 Å². The zero-order valence-corrected chi connectivity index (χ0v) is 15.6. The first-order chi connectivity index (χ1) is 13.6. The minimum Gasteiger partial charge on any atom is -0.328 e. The fourth-order valence-electron chi connectivity index (χ4n) is 4.40. The van der Waals surface area contributed by atoms with Gasteiger partial charge in [-0.1, -0.05) is 12.1 Å². The molecule has 0 radical (unpaired) electrons. The van der Waals surface area contributed by atoms with E-state index in [9.17, 15) is 9.59 Å². The first-order valence-electron chi connectivity index (χ1n) is 9.65. The largest absolute Gasteiger partial charge is 0.343 e. The summed E-state index contributed by atoms with van der Waals surface area (Å²) in [5.41, 5.74) is 2.40. The van der Waals surface area contributed by atoms with Gasteiger partial charge in [-0.3, -0.25) is 14.5 Å². The Kier molecular flexibility index (Phi) is 3.92. The van der Waals surface area contributed by atoms with E-state index in [0.717, 1.165) is 17.5 Å².